The third kappa shape index (κ3) is 6.53. The molecule has 0 spiro atoms. The fraction of sp³-hybridized carbons (Fsp3) is 0.467. The molecule has 12 heteroatoms. The van der Waals surface area contributed by atoms with Gasteiger partial charge in [-0.05, 0) is 37.5 Å². The van der Waals surface area contributed by atoms with Crippen LogP contribution in [0.1, 0.15) is 19.3 Å². The highest BCUT2D eigenvalue weighted by Crippen LogP contribution is 2.38. The molecule has 0 aliphatic carbocycles. The van der Waals surface area contributed by atoms with Gasteiger partial charge in [-0.25, -0.2) is 4.98 Å². The van der Waals surface area contributed by atoms with Gasteiger partial charge in [-0.15, -0.1) is 0 Å². The van der Waals surface area contributed by atoms with Crippen LogP contribution in [0, 0.1) is 5.92 Å². The molecule has 0 saturated carbocycles. The zero-order valence-corrected chi connectivity index (χ0v) is 24.8. The number of hydrogen-bond acceptors (Lipinski definition) is 9. The molecule has 42 heavy (non-hydrogen) atoms. The van der Waals surface area contributed by atoms with Gasteiger partial charge < -0.3 is 29.7 Å². The van der Waals surface area contributed by atoms with E-state index in [1.807, 2.05) is 4.90 Å². The van der Waals surface area contributed by atoms with E-state index >= 15 is 0 Å². The van der Waals surface area contributed by atoms with Gasteiger partial charge in [0.1, 0.15) is 17.1 Å². The van der Waals surface area contributed by atoms with Crippen LogP contribution >= 0.6 is 11.6 Å². The van der Waals surface area contributed by atoms with Crippen molar-refractivity contribution in [3.63, 3.8) is 0 Å². The second kappa shape index (κ2) is 13.5. The van der Waals surface area contributed by atoms with E-state index in [0.717, 1.165) is 39.0 Å². The number of ether oxygens (including phenoxy) is 3. The highest BCUT2D eigenvalue weighted by Gasteiger charge is 2.22. The second-order valence-electron chi connectivity index (χ2n) is 10.6. The number of carbonyl (C=O) groups is 1. The van der Waals surface area contributed by atoms with Gasteiger partial charge in [0.2, 0.25) is 11.9 Å². The molecule has 2 aliphatic rings. The number of nitrogens with zero attached hydrogens (tertiary/aromatic N) is 4. The number of piperidine rings is 1. The Kier molecular flexibility index (Phi) is 9.61. The van der Waals surface area contributed by atoms with Crippen molar-refractivity contribution >= 4 is 34.5 Å². The molecule has 2 saturated heterocycles. The fourth-order valence-electron chi connectivity index (χ4n) is 5.33. The number of halogens is 1. The molecule has 0 unspecified atom stereocenters. The monoisotopic (exact) mass is 596 g/mol. The van der Waals surface area contributed by atoms with E-state index in [2.05, 4.69) is 22.2 Å². The van der Waals surface area contributed by atoms with E-state index in [1.165, 1.54) is 13.2 Å². The Morgan fingerprint density at radius 1 is 1.17 bits per heavy atom. The number of carbonyl (C=O) groups excluding carboxylic acids is 1. The minimum absolute atomic E-state index is 0.0405. The summed E-state index contributed by atoms with van der Waals surface area (Å²) in [6, 6.07) is 5.42. The molecule has 3 aromatic rings. The lowest BCUT2D eigenvalue weighted by Crippen LogP contribution is -2.45. The number of fused-ring (bicyclic) bond motifs is 1. The van der Waals surface area contributed by atoms with Crippen molar-refractivity contribution in [2.24, 2.45) is 5.92 Å². The number of anilines is 1. The van der Waals surface area contributed by atoms with Crippen molar-refractivity contribution in [3.05, 3.63) is 52.4 Å². The Hall–Kier alpha value is -3.67. The summed E-state index contributed by atoms with van der Waals surface area (Å²) in [5.74, 6) is 1.91. The molecular formula is C30H37ClN6O5. The van der Waals surface area contributed by atoms with Crippen molar-refractivity contribution in [2.75, 3.05) is 58.9 Å². The Morgan fingerprint density at radius 3 is 2.62 bits per heavy atom. The predicted octanol–water partition coefficient (Wildman–Crippen LogP) is 3.34. The first-order valence-corrected chi connectivity index (χ1v) is 14.6. The first-order chi connectivity index (χ1) is 20.4. The second-order valence-corrected chi connectivity index (χ2v) is 10.9. The molecule has 11 nitrogen and oxygen atoms in total. The van der Waals surface area contributed by atoms with Crippen LogP contribution in [-0.4, -0.2) is 85.0 Å². The third-order valence-electron chi connectivity index (χ3n) is 7.88. The Bertz CT molecular complexity index is 1500. The summed E-state index contributed by atoms with van der Waals surface area (Å²) >= 11 is 6.70. The molecular weight excluding hydrogens is 560 g/mol. The maximum Gasteiger partial charge on any atom is 0.260 e. The van der Waals surface area contributed by atoms with Gasteiger partial charge in [0, 0.05) is 73.5 Å². The maximum atomic E-state index is 14.1. The SMILES string of the molecule is C=CC(=O)N1CCC(NCCn2c(=O)c(-c3cc(OC)cc(OC)c3Cl)cc3cnc(NCCC4COC4)nc32)CC1. The van der Waals surface area contributed by atoms with Crippen molar-refractivity contribution < 1.29 is 19.0 Å². The van der Waals surface area contributed by atoms with Crippen LogP contribution in [0.3, 0.4) is 0 Å². The van der Waals surface area contributed by atoms with Crippen molar-refractivity contribution in [1.82, 2.24) is 24.8 Å². The lowest BCUT2D eigenvalue weighted by atomic mass is 10.0. The van der Waals surface area contributed by atoms with Crippen LogP contribution in [-0.2, 0) is 16.1 Å². The van der Waals surface area contributed by atoms with E-state index in [0.29, 0.717) is 76.7 Å². The number of amides is 1. The average molecular weight is 597 g/mol. The average Bonchev–Trinajstić information content (AvgIpc) is 2.99. The molecule has 0 bridgehead atoms. The van der Waals surface area contributed by atoms with Gasteiger partial charge in [-0.1, -0.05) is 18.2 Å². The van der Waals surface area contributed by atoms with Gasteiger partial charge in [0.15, 0.2) is 0 Å². The minimum Gasteiger partial charge on any atom is -0.497 e. The Morgan fingerprint density at radius 2 is 1.95 bits per heavy atom. The molecule has 2 aromatic heterocycles. The summed E-state index contributed by atoms with van der Waals surface area (Å²) < 4.78 is 17.8. The number of likely N-dealkylation sites (tertiary alicyclic amines) is 1. The maximum absolute atomic E-state index is 14.1. The van der Waals surface area contributed by atoms with Crippen LogP contribution in [0.5, 0.6) is 11.5 Å². The predicted molar refractivity (Wildman–Crippen MR) is 163 cm³/mol. The summed E-state index contributed by atoms with van der Waals surface area (Å²) in [4.78, 5) is 37.1. The smallest absolute Gasteiger partial charge is 0.260 e. The van der Waals surface area contributed by atoms with Crippen molar-refractivity contribution in [3.8, 4) is 22.6 Å². The molecule has 0 radical (unpaired) electrons. The van der Waals surface area contributed by atoms with Crippen LogP contribution in [0.25, 0.3) is 22.2 Å². The van der Waals surface area contributed by atoms with E-state index in [4.69, 9.17) is 30.8 Å². The summed E-state index contributed by atoms with van der Waals surface area (Å²) in [5.41, 5.74) is 1.21. The van der Waals surface area contributed by atoms with Crippen LogP contribution in [0.2, 0.25) is 5.02 Å². The molecule has 4 heterocycles. The summed E-state index contributed by atoms with van der Waals surface area (Å²) in [7, 11) is 3.07. The van der Waals surface area contributed by atoms with Crippen molar-refractivity contribution in [2.45, 2.75) is 31.8 Å². The highest BCUT2D eigenvalue weighted by molar-refractivity contribution is 6.35. The quantitative estimate of drug-likeness (QED) is 0.303. The van der Waals surface area contributed by atoms with Crippen molar-refractivity contribution in [1.29, 1.82) is 0 Å². The zero-order valence-electron chi connectivity index (χ0n) is 24.0. The Labute approximate surface area is 249 Å². The molecule has 2 aliphatic heterocycles. The van der Waals surface area contributed by atoms with E-state index < -0.39 is 0 Å². The van der Waals surface area contributed by atoms with E-state index in [9.17, 15) is 9.59 Å². The molecule has 2 fully saturated rings. The van der Waals surface area contributed by atoms with Gasteiger partial charge in [0.05, 0.1) is 32.5 Å². The largest absolute Gasteiger partial charge is 0.497 e. The zero-order chi connectivity index (χ0) is 29.6. The molecule has 224 valence electrons. The molecule has 1 aromatic carbocycles. The first-order valence-electron chi connectivity index (χ1n) is 14.2. The minimum atomic E-state index is -0.232. The van der Waals surface area contributed by atoms with Gasteiger partial charge in [-0.2, -0.15) is 4.98 Å². The Balaban J connectivity index is 1.43. The molecule has 0 atom stereocenters. The van der Waals surface area contributed by atoms with E-state index in [1.54, 1.807) is 36.1 Å². The topological polar surface area (TPSA) is 120 Å². The normalized spacial score (nSPS) is 15.8. The van der Waals surface area contributed by atoms with E-state index in [-0.39, 0.29) is 17.5 Å². The van der Waals surface area contributed by atoms with Crippen LogP contribution in [0.4, 0.5) is 5.95 Å². The highest BCUT2D eigenvalue weighted by atomic mass is 35.5. The summed E-state index contributed by atoms with van der Waals surface area (Å²) in [6.45, 7) is 8.14. The molecule has 1 amide bonds. The lowest BCUT2D eigenvalue weighted by molar-refractivity contribution is -0.127. The number of rotatable bonds is 12. The molecule has 5 rings (SSSR count). The lowest BCUT2D eigenvalue weighted by Gasteiger charge is -2.32. The van der Waals surface area contributed by atoms with Gasteiger partial charge >= 0.3 is 0 Å². The molecule has 2 N–H and O–H groups in total. The number of hydrogen-bond donors (Lipinski definition) is 2. The number of aromatic nitrogens is 3. The third-order valence-corrected chi connectivity index (χ3v) is 8.27. The van der Waals surface area contributed by atoms with Gasteiger partial charge in [-0.3, -0.25) is 14.2 Å². The van der Waals surface area contributed by atoms with Crippen LogP contribution in [0.15, 0.2) is 41.8 Å². The number of methoxy groups -OCH3 is 2. The summed E-state index contributed by atoms with van der Waals surface area (Å²) in [5, 5.41) is 7.88. The summed E-state index contributed by atoms with van der Waals surface area (Å²) in [6.07, 6.45) is 5.70. The standard InChI is InChI=1S/C30H37ClN6O5/c1-4-26(38)36-10-6-21(7-11-36)32-9-12-37-28-20(16-34-30(35-28)33-8-5-19-17-42-18-19)13-24(29(37)39)23-14-22(40-2)15-25(41-3)27(23)31/h4,13-16,19,21,32H,1,5-12,17-18H2,2-3H3,(H,33,34,35). The fourth-order valence-corrected chi connectivity index (χ4v) is 5.62. The number of benzene rings is 1. The number of pyridine rings is 1. The van der Waals surface area contributed by atoms with Crippen LogP contribution < -0.4 is 25.7 Å². The van der Waals surface area contributed by atoms with Gasteiger partial charge in [0.25, 0.3) is 5.56 Å². The number of nitrogens with one attached hydrogen (secondary N) is 2. The first kappa shape index (κ1) is 29.8.